The highest BCUT2D eigenvalue weighted by Crippen LogP contribution is 2.05. The zero-order chi connectivity index (χ0) is 12.8. The van der Waals surface area contributed by atoms with Gasteiger partial charge < -0.3 is 10.6 Å². The Morgan fingerprint density at radius 1 is 1.17 bits per heavy atom. The van der Waals surface area contributed by atoms with Crippen molar-refractivity contribution in [1.29, 1.82) is 0 Å². The molecule has 2 aromatic rings. The molecule has 2 aromatic heterocycles. The Morgan fingerprint density at radius 3 is 2.67 bits per heavy atom. The Kier molecular flexibility index (Phi) is 3.80. The van der Waals surface area contributed by atoms with E-state index in [0.29, 0.717) is 11.6 Å². The van der Waals surface area contributed by atoms with Gasteiger partial charge in [-0.05, 0) is 31.2 Å². The molecule has 0 fully saturated rings. The zero-order valence-corrected chi connectivity index (χ0v) is 9.92. The predicted octanol–water partition coefficient (Wildman–Crippen LogP) is 1.56. The second kappa shape index (κ2) is 5.72. The topological polar surface area (TPSA) is 79.8 Å². The summed E-state index contributed by atoms with van der Waals surface area (Å²) in [6.07, 6.45) is 1.61. The largest absolute Gasteiger partial charge is 0.369 e. The molecule has 0 bridgehead atoms. The van der Waals surface area contributed by atoms with E-state index in [1.807, 2.05) is 6.92 Å². The lowest BCUT2D eigenvalue weighted by Gasteiger charge is -2.04. The molecule has 6 nitrogen and oxygen atoms in total. The van der Waals surface area contributed by atoms with Crippen LogP contribution in [0.25, 0.3) is 0 Å². The van der Waals surface area contributed by atoms with Crippen LogP contribution in [0.3, 0.4) is 0 Å². The molecule has 0 aliphatic rings. The van der Waals surface area contributed by atoms with Gasteiger partial charge in [-0.1, -0.05) is 6.07 Å². The van der Waals surface area contributed by atoms with Crippen molar-refractivity contribution in [3.8, 4) is 0 Å². The van der Waals surface area contributed by atoms with Crippen molar-refractivity contribution in [2.45, 2.75) is 6.92 Å². The standard InChI is InChI=1S/C12H13N5O/c1-2-13-11-7-6-9(16-17-11)12(18)15-10-5-3-4-8-14-10/h3-8H,2H2,1H3,(H,13,17)(H,14,15,18). The lowest BCUT2D eigenvalue weighted by atomic mass is 10.3. The quantitative estimate of drug-likeness (QED) is 0.851. The normalized spacial score (nSPS) is 9.83. The van der Waals surface area contributed by atoms with E-state index in [4.69, 9.17) is 0 Å². The Balaban J connectivity index is 2.05. The van der Waals surface area contributed by atoms with E-state index in [2.05, 4.69) is 25.8 Å². The molecular weight excluding hydrogens is 230 g/mol. The number of pyridine rings is 1. The van der Waals surface area contributed by atoms with E-state index in [1.165, 1.54) is 0 Å². The van der Waals surface area contributed by atoms with Crippen LogP contribution in [0.5, 0.6) is 0 Å². The summed E-state index contributed by atoms with van der Waals surface area (Å²) >= 11 is 0. The molecule has 0 aromatic carbocycles. The minimum absolute atomic E-state index is 0.252. The molecule has 1 amide bonds. The molecule has 0 aliphatic carbocycles. The lowest BCUT2D eigenvalue weighted by molar-refractivity contribution is 0.102. The number of nitrogens with zero attached hydrogens (tertiary/aromatic N) is 3. The first-order valence-electron chi connectivity index (χ1n) is 5.59. The fourth-order valence-electron chi connectivity index (χ4n) is 1.35. The van der Waals surface area contributed by atoms with Crippen LogP contribution in [0.15, 0.2) is 36.5 Å². The number of aromatic nitrogens is 3. The maximum atomic E-state index is 11.8. The van der Waals surface area contributed by atoms with Gasteiger partial charge in [0.2, 0.25) is 0 Å². The van der Waals surface area contributed by atoms with E-state index in [1.54, 1.807) is 36.5 Å². The van der Waals surface area contributed by atoms with Gasteiger partial charge in [0.1, 0.15) is 11.6 Å². The van der Waals surface area contributed by atoms with Crippen LogP contribution in [0.4, 0.5) is 11.6 Å². The molecule has 2 rings (SSSR count). The van der Waals surface area contributed by atoms with Crippen molar-refractivity contribution in [1.82, 2.24) is 15.2 Å². The molecule has 0 radical (unpaired) electrons. The molecule has 0 unspecified atom stereocenters. The van der Waals surface area contributed by atoms with Gasteiger partial charge in [0.15, 0.2) is 5.69 Å². The number of hydrogen-bond acceptors (Lipinski definition) is 5. The minimum Gasteiger partial charge on any atom is -0.369 e. The van der Waals surface area contributed by atoms with E-state index in [0.717, 1.165) is 6.54 Å². The Morgan fingerprint density at radius 2 is 2.06 bits per heavy atom. The van der Waals surface area contributed by atoms with Gasteiger partial charge in [0.05, 0.1) is 0 Å². The maximum absolute atomic E-state index is 11.8. The van der Waals surface area contributed by atoms with Gasteiger partial charge in [0.25, 0.3) is 5.91 Å². The van der Waals surface area contributed by atoms with Crippen LogP contribution >= 0.6 is 0 Å². The van der Waals surface area contributed by atoms with Gasteiger partial charge in [-0.25, -0.2) is 4.98 Å². The summed E-state index contributed by atoms with van der Waals surface area (Å²) < 4.78 is 0. The van der Waals surface area contributed by atoms with Gasteiger partial charge >= 0.3 is 0 Å². The van der Waals surface area contributed by atoms with Gasteiger partial charge in [0, 0.05) is 12.7 Å². The van der Waals surface area contributed by atoms with Crippen LogP contribution in [-0.2, 0) is 0 Å². The van der Waals surface area contributed by atoms with Crippen molar-refractivity contribution in [2.75, 3.05) is 17.2 Å². The number of hydrogen-bond donors (Lipinski definition) is 2. The fourth-order valence-corrected chi connectivity index (χ4v) is 1.35. The van der Waals surface area contributed by atoms with Crippen LogP contribution in [-0.4, -0.2) is 27.6 Å². The summed E-state index contributed by atoms with van der Waals surface area (Å²) in [6.45, 7) is 2.72. The molecule has 0 saturated heterocycles. The highest BCUT2D eigenvalue weighted by atomic mass is 16.2. The average Bonchev–Trinajstić information content (AvgIpc) is 2.41. The molecule has 0 spiro atoms. The second-order valence-electron chi connectivity index (χ2n) is 3.50. The summed E-state index contributed by atoms with van der Waals surface area (Å²) in [6, 6.07) is 8.61. The highest BCUT2D eigenvalue weighted by Gasteiger charge is 2.08. The van der Waals surface area contributed by atoms with Crippen molar-refractivity contribution in [2.24, 2.45) is 0 Å². The second-order valence-corrected chi connectivity index (χ2v) is 3.50. The Labute approximate surface area is 104 Å². The average molecular weight is 243 g/mol. The molecular formula is C12H13N5O. The highest BCUT2D eigenvalue weighted by molar-refractivity contribution is 6.02. The van der Waals surface area contributed by atoms with E-state index >= 15 is 0 Å². The number of carbonyl (C=O) groups excluding carboxylic acids is 1. The van der Waals surface area contributed by atoms with E-state index in [9.17, 15) is 4.79 Å². The van der Waals surface area contributed by atoms with E-state index < -0.39 is 0 Å². The Bertz CT molecular complexity index is 512. The van der Waals surface area contributed by atoms with Crippen LogP contribution < -0.4 is 10.6 Å². The van der Waals surface area contributed by atoms with Crippen LogP contribution in [0.1, 0.15) is 17.4 Å². The summed E-state index contributed by atoms with van der Waals surface area (Å²) in [5, 5.41) is 13.4. The van der Waals surface area contributed by atoms with Crippen molar-refractivity contribution in [3.63, 3.8) is 0 Å². The first-order chi connectivity index (χ1) is 8.79. The van der Waals surface area contributed by atoms with Crippen molar-refractivity contribution < 1.29 is 4.79 Å². The number of amides is 1. The number of rotatable bonds is 4. The third-order valence-electron chi connectivity index (χ3n) is 2.16. The summed E-state index contributed by atoms with van der Waals surface area (Å²) in [5.74, 6) is 0.802. The van der Waals surface area contributed by atoms with Crippen molar-refractivity contribution >= 4 is 17.5 Å². The molecule has 6 heteroatoms. The first-order valence-corrected chi connectivity index (χ1v) is 5.59. The van der Waals surface area contributed by atoms with Crippen LogP contribution in [0, 0.1) is 0 Å². The summed E-state index contributed by atoms with van der Waals surface area (Å²) in [7, 11) is 0. The van der Waals surface area contributed by atoms with Gasteiger partial charge in [-0.15, -0.1) is 10.2 Å². The van der Waals surface area contributed by atoms with Crippen LogP contribution in [0.2, 0.25) is 0 Å². The molecule has 2 N–H and O–H groups in total. The molecule has 0 aliphatic heterocycles. The van der Waals surface area contributed by atoms with Gasteiger partial charge in [-0.2, -0.15) is 0 Å². The first kappa shape index (κ1) is 12.0. The lowest BCUT2D eigenvalue weighted by Crippen LogP contribution is -2.15. The predicted molar refractivity (Wildman–Crippen MR) is 68.4 cm³/mol. The molecule has 92 valence electrons. The molecule has 18 heavy (non-hydrogen) atoms. The fraction of sp³-hybridized carbons (Fsp3) is 0.167. The molecule has 2 heterocycles. The summed E-state index contributed by atoms with van der Waals surface area (Å²) in [4.78, 5) is 15.8. The Hall–Kier alpha value is -2.50. The SMILES string of the molecule is CCNc1ccc(C(=O)Nc2ccccn2)nn1. The third kappa shape index (κ3) is 3.00. The number of carbonyl (C=O) groups is 1. The maximum Gasteiger partial charge on any atom is 0.277 e. The summed E-state index contributed by atoms with van der Waals surface area (Å²) in [5.41, 5.74) is 0.252. The third-order valence-corrected chi connectivity index (χ3v) is 2.16. The smallest absolute Gasteiger partial charge is 0.277 e. The van der Waals surface area contributed by atoms with E-state index in [-0.39, 0.29) is 11.6 Å². The monoisotopic (exact) mass is 243 g/mol. The number of anilines is 2. The number of nitrogens with one attached hydrogen (secondary N) is 2. The molecule has 0 saturated carbocycles. The molecule has 0 atom stereocenters. The van der Waals surface area contributed by atoms with Crippen molar-refractivity contribution in [3.05, 3.63) is 42.2 Å². The zero-order valence-electron chi connectivity index (χ0n) is 9.92. The van der Waals surface area contributed by atoms with Gasteiger partial charge in [-0.3, -0.25) is 4.79 Å². The minimum atomic E-state index is -0.329.